The molecule has 0 saturated carbocycles. The van der Waals surface area contributed by atoms with Crippen LogP contribution in [0, 0.1) is 0 Å². The molecule has 42 heavy (non-hydrogen) atoms. The molecule has 2 amide bonds. The molecule has 0 radical (unpaired) electrons. The Balaban J connectivity index is 1.26. The lowest BCUT2D eigenvalue weighted by molar-refractivity contribution is -0.129. The van der Waals surface area contributed by atoms with Crippen LogP contribution in [0.15, 0.2) is 94.1 Å². The molecule has 1 aliphatic rings. The van der Waals surface area contributed by atoms with E-state index in [0.29, 0.717) is 24.5 Å². The first-order valence-corrected chi connectivity index (χ1v) is 14.6. The number of hydrogen-bond donors (Lipinski definition) is 0. The zero-order chi connectivity index (χ0) is 29.7. The maximum Gasteiger partial charge on any atom is 0.416 e. The molecule has 4 aromatic rings. The van der Waals surface area contributed by atoms with Crippen LogP contribution in [0.4, 0.5) is 4.79 Å². The van der Waals surface area contributed by atoms with Crippen LogP contribution in [0.1, 0.15) is 55.5 Å². The number of carbonyl (C=O) groups is 2. The maximum atomic E-state index is 13.5. The van der Waals surface area contributed by atoms with Gasteiger partial charge in [-0.3, -0.25) is 4.79 Å². The van der Waals surface area contributed by atoms with Crippen molar-refractivity contribution in [3.8, 4) is 11.5 Å². The summed E-state index contributed by atoms with van der Waals surface area (Å²) >= 11 is 3.58. The number of imide groups is 1. The Kier molecular flexibility index (Phi) is 8.97. The Morgan fingerprint density at radius 3 is 2.48 bits per heavy atom. The Morgan fingerprint density at radius 2 is 1.81 bits per heavy atom. The highest BCUT2D eigenvalue weighted by Crippen LogP contribution is 2.32. The molecule has 2 heterocycles. The second-order valence-electron chi connectivity index (χ2n) is 11.2. The van der Waals surface area contributed by atoms with Crippen molar-refractivity contribution in [1.82, 2.24) is 10.1 Å². The normalized spacial score (nSPS) is 15.8. The summed E-state index contributed by atoms with van der Waals surface area (Å²) in [7, 11) is 0. The lowest BCUT2D eigenvalue weighted by Crippen LogP contribution is -2.40. The number of cyclic esters (lactones) is 1. The molecule has 3 aromatic carbocycles. The molecule has 1 aliphatic heterocycles. The van der Waals surface area contributed by atoms with E-state index in [1.807, 2.05) is 93.6 Å². The summed E-state index contributed by atoms with van der Waals surface area (Å²) < 4.78 is 23.2. The monoisotopic (exact) mass is 632 g/mol. The highest BCUT2D eigenvalue weighted by molar-refractivity contribution is 9.10. The first-order chi connectivity index (χ1) is 20.2. The molecule has 1 aromatic heterocycles. The Bertz CT molecular complexity index is 1500. The summed E-state index contributed by atoms with van der Waals surface area (Å²) in [4.78, 5) is 27.3. The highest BCUT2D eigenvalue weighted by Gasteiger charge is 2.39. The summed E-state index contributed by atoms with van der Waals surface area (Å²) in [6.07, 6.45) is 1.42. The van der Waals surface area contributed by atoms with Crippen molar-refractivity contribution >= 4 is 27.9 Å². The minimum Gasteiger partial charge on any atom is -0.489 e. The summed E-state index contributed by atoms with van der Waals surface area (Å²) in [5.74, 6) is 0.720. The summed E-state index contributed by atoms with van der Waals surface area (Å²) in [6.45, 7) is 6.56. The van der Waals surface area contributed by atoms with Crippen LogP contribution in [0.2, 0.25) is 0 Å². The molecule has 0 unspecified atom stereocenters. The zero-order valence-electron chi connectivity index (χ0n) is 23.8. The van der Waals surface area contributed by atoms with E-state index in [-0.39, 0.29) is 30.6 Å². The van der Waals surface area contributed by atoms with Gasteiger partial charge in [-0.2, -0.15) is 0 Å². The van der Waals surface area contributed by atoms with Crippen molar-refractivity contribution in [3.05, 3.63) is 112 Å². The van der Waals surface area contributed by atoms with Crippen LogP contribution < -0.4 is 9.47 Å². The molecule has 0 aliphatic carbocycles. The van der Waals surface area contributed by atoms with Crippen molar-refractivity contribution in [3.63, 3.8) is 0 Å². The SMILES string of the molecule is CC(C)(C)Oc1ccc(COc2ccc([C@H](CC(=O)N3C(=O)OC[C@@H]3Cc3ccccc3)c3ccon3)cc2)cc1Br. The highest BCUT2D eigenvalue weighted by atomic mass is 79.9. The topological polar surface area (TPSA) is 91.1 Å². The van der Waals surface area contributed by atoms with Crippen LogP contribution in [0.3, 0.4) is 0 Å². The average molecular weight is 634 g/mol. The van der Waals surface area contributed by atoms with Gasteiger partial charge in [0.15, 0.2) is 0 Å². The molecule has 0 bridgehead atoms. The molecule has 1 fully saturated rings. The van der Waals surface area contributed by atoms with Gasteiger partial charge in [-0.15, -0.1) is 0 Å². The van der Waals surface area contributed by atoms with Crippen LogP contribution in [-0.4, -0.2) is 40.3 Å². The number of nitrogens with zero attached hydrogens (tertiary/aromatic N) is 2. The van der Waals surface area contributed by atoms with Gasteiger partial charge < -0.3 is 18.7 Å². The molecule has 0 N–H and O–H groups in total. The number of aromatic nitrogens is 1. The summed E-state index contributed by atoms with van der Waals surface area (Å²) in [6, 6.07) is 24.5. The second kappa shape index (κ2) is 12.8. The fourth-order valence-corrected chi connectivity index (χ4v) is 5.39. The minimum absolute atomic E-state index is 0.0319. The first-order valence-electron chi connectivity index (χ1n) is 13.8. The average Bonchev–Trinajstić information content (AvgIpc) is 3.62. The van der Waals surface area contributed by atoms with Gasteiger partial charge in [-0.25, -0.2) is 9.69 Å². The standard InChI is InChI=1S/C33H33BrN2O6/c1-33(2,3)42-30-14-9-23(18-28(30)34)20-39-26-12-10-24(11-13-26)27(29-15-16-41-35-29)19-31(37)36-25(21-40-32(36)38)17-22-7-5-4-6-8-22/h4-16,18,25,27H,17,19-21H2,1-3H3/t25-,27-/m0/s1. The number of halogens is 1. The van der Waals surface area contributed by atoms with E-state index in [1.54, 1.807) is 6.07 Å². The van der Waals surface area contributed by atoms with E-state index in [0.717, 1.165) is 26.9 Å². The van der Waals surface area contributed by atoms with Gasteiger partial charge in [0, 0.05) is 18.4 Å². The molecule has 8 nitrogen and oxygen atoms in total. The van der Waals surface area contributed by atoms with E-state index >= 15 is 0 Å². The zero-order valence-corrected chi connectivity index (χ0v) is 25.4. The predicted octanol–water partition coefficient (Wildman–Crippen LogP) is 7.31. The fraction of sp³-hybridized carbons (Fsp3) is 0.303. The fourth-order valence-electron chi connectivity index (χ4n) is 4.88. The van der Waals surface area contributed by atoms with Crippen molar-refractivity contribution in [1.29, 1.82) is 0 Å². The van der Waals surface area contributed by atoms with E-state index in [2.05, 4.69) is 21.1 Å². The molecular weight excluding hydrogens is 600 g/mol. The Labute approximate surface area is 253 Å². The molecule has 1 saturated heterocycles. The van der Waals surface area contributed by atoms with E-state index in [1.165, 1.54) is 11.2 Å². The van der Waals surface area contributed by atoms with Gasteiger partial charge in [-0.1, -0.05) is 53.7 Å². The third-order valence-corrected chi connectivity index (χ3v) is 7.46. The maximum absolute atomic E-state index is 13.5. The van der Waals surface area contributed by atoms with Crippen LogP contribution >= 0.6 is 15.9 Å². The Hall–Kier alpha value is -4.11. The quantitative estimate of drug-likeness (QED) is 0.181. The van der Waals surface area contributed by atoms with Crippen molar-refractivity contribution in [2.24, 2.45) is 0 Å². The van der Waals surface area contributed by atoms with Crippen molar-refractivity contribution in [2.75, 3.05) is 6.61 Å². The number of ether oxygens (including phenoxy) is 3. The van der Waals surface area contributed by atoms with Gasteiger partial charge in [0.1, 0.15) is 36.6 Å². The minimum atomic E-state index is -0.617. The third-order valence-electron chi connectivity index (χ3n) is 6.84. The number of carbonyl (C=O) groups excluding carboxylic acids is 2. The van der Waals surface area contributed by atoms with E-state index in [4.69, 9.17) is 18.7 Å². The Morgan fingerprint density at radius 1 is 1.05 bits per heavy atom. The molecular formula is C33H33BrN2O6. The lowest BCUT2D eigenvalue weighted by atomic mass is 9.91. The van der Waals surface area contributed by atoms with Crippen molar-refractivity contribution in [2.45, 2.75) is 57.8 Å². The number of benzene rings is 3. The van der Waals surface area contributed by atoms with Crippen LogP contribution in [0.25, 0.3) is 0 Å². The first kappa shape index (κ1) is 29.4. The number of hydrogen-bond acceptors (Lipinski definition) is 7. The van der Waals surface area contributed by atoms with Gasteiger partial charge in [0.2, 0.25) is 5.91 Å². The van der Waals surface area contributed by atoms with E-state index in [9.17, 15) is 9.59 Å². The van der Waals surface area contributed by atoms with Crippen LogP contribution in [-0.2, 0) is 22.6 Å². The molecule has 218 valence electrons. The second-order valence-corrected chi connectivity index (χ2v) is 12.1. The van der Waals surface area contributed by atoms with E-state index < -0.39 is 12.0 Å². The van der Waals surface area contributed by atoms with Gasteiger partial charge in [-0.05, 0) is 84.1 Å². The number of rotatable bonds is 10. The van der Waals surface area contributed by atoms with Crippen LogP contribution in [0.5, 0.6) is 11.5 Å². The largest absolute Gasteiger partial charge is 0.489 e. The molecule has 2 atom stereocenters. The third kappa shape index (κ3) is 7.39. The molecule has 9 heteroatoms. The predicted molar refractivity (Wildman–Crippen MR) is 160 cm³/mol. The van der Waals surface area contributed by atoms with Crippen molar-refractivity contribution < 1.29 is 28.3 Å². The van der Waals surface area contributed by atoms with Gasteiger partial charge in [0.25, 0.3) is 0 Å². The van der Waals surface area contributed by atoms with Gasteiger partial charge in [0.05, 0.1) is 16.2 Å². The number of amides is 2. The summed E-state index contributed by atoms with van der Waals surface area (Å²) in [5.41, 5.74) is 3.18. The molecule has 0 spiro atoms. The van der Waals surface area contributed by atoms with Gasteiger partial charge >= 0.3 is 6.09 Å². The molecule has 5 rings (SSSR count). The summed E-state index contributed by atoms with van der Waals surface area (Å²) in [5, 5.41) is 4.11. The smallest absolute Gasteiger partial charge is 0.416 e. The lowest BCUT2D eigenvalue weighted by Gasteiger charge is -2.22.